The van der Waals surface area contributed by atoms with E-state index in [0.717, 1.165) is 11.8 Å². The molecular weight excluding hydrogens is 584 g/mol. The highest BCUT2D eigenvalue weighted by Crippen LogP contribution is 2.38. The predicted molar refractivity (Wildman–Crippen MR) is 161 cm³/mol. The Kier molecular flexibility index (Phi) is 10.1. The van der Waals surface area contributed by atoms with E-state index in [4.69, 9.17) is 18.9 Å². The van der Waals surface area contributed by atoms with E-state index in [1.807, 2.05) is 0 Å². The highest BCUT2D eigenvalue weighted by molar-refractivity contribution is 8.00. The van der Waals surface area contributed by atoms with Gasteiger partial charge in [-0.05, 0) is 48.5 Å². The Bertz CT molecular complexity index is 1570. The van der Waals surface area contributed by atoms with E-state index in [1.165, 1.54) is 24.3 Å². The van der Waals surface area contributed by atoms with Crippen LogP contribution in [0.15, 0.2) is 121 Å². The van der Waals surface area contributed by atoms with Crippen molar-refractivity contribution in [3.63, 3.8) is 0 Å². The molecule has 4 aromatic carbocycles. The summed E-state index contributed by atoms with van der Waals surface area (Å²) in [7, 11) is 0. The van der Waals surface area contributed by atoms with E-state index in [1.54, 1.807) is 97.1 Å². The van der Waals surface area contributed by atoms with Crippen LogP contribution in [0.5, 0.6) is 0 Å². The van der Waals surface area contributed by atoms with Gasteiger partial charge in [-0.2, -0.15) is 0 Å². The van der Waals surface area contributed by atoms with E-state index in [9.17, 15) is 24.3 Å². The minimum atomic E-state index is -1.47. The van der Waals surface area contributed by atoms with Gasteiger partial charge in [0, 0.05) is 0 Å². The van der Waals surface area contributed by atoms with Crippen LogP contribution < -0.4 is 0 Å². The summed E-state index contributed by atoms with van der Waals surface area (Å²) in [6, 6.07) is 32.6. The van der Waals surface area contributed by atoms with Crippen molar-refractivity contribution in [2.45, 2.75) is 29.0 Å². The molecule has 1 aliphatic heterocycles. The lowest BCUT2D eigenvalue weighted by molar-refractivity contribution is -0.114. The van der Waals surface area contributed by atoms with Crippen molar-refractivity contribution in [1.29, 1.82) is 0 Å². The van der Waals surface area contributed by atoms with Gasteiger partial charge in [0.25, 0.3) is 0 Å². The predicted octanol–water partition coefficient (Wildman–Crippen LogP) is 4.95. The second-order valence-electron chi connectivity index (χ2n) is 9.74. The molecule has 5 atom stereocenters. The molecule has 0 bridgehead atoms. The number of benzene rings is 4. The Labute approximate surface area is 257 Å². The molecule has 0 spiro atoms. The van der Waals surface area contributed by atoms with Gasteiger partial charge in [-0.1, -0.05) is 72.8 Å². The molecule has 0 amide bonds. The highest BCUT2D eigenvalue weighted by Gasteiger charge is 2.52. The fraction of sp³-hybridized carbons (Fsp3) is 0.176. The Hall–Kier alpha value is -4.93. The third kappa shape index (κ3) is 7.52. The van der Waals surface area contributed by atoms with Gasteiger partial charge in [0.1, 0.15) is 12.0 Å². The van der Waals surface area contributed by atoms with Gasteiger partial charge in [-0.3, -0.25) is 0 Å². The SMILES string of the molecule is O=C(OC[C@H]1S[C@H](O)[C@H](OC(=O)c2ccccc2)[C@@H](OC(=O)c2ccccc2)[C@@H]1OC(=O)c1ccccc1)c1ccccc1. The van der Waals surface area contributed by atoms with E-state index in [-0.39, 0.29) is 23.3 Å². The summed E-state index contributed by atoms with van der Waals surface area (Å²) in [5.74, 6) is -2.96. The summed E-state index contributed by atoms with van der Waals surface area (Å²) in [6.07, 6.45) is -4.23. The van der Waals surface area contributed by atoms with Crippen LogP contribution in [0.1, 0.15) is 41.4 Å². The molecule has 0 saturated carbocycles. The third-order valence-corrected chi connectivity index (χ3v) is 8.06. The summed E-state index contributed by atoms with van der Waals surface area (Å²) < 4.78 is 23.0. The topological polar surface area (TPSA) is 125 Å². The van der Waals surface area contributed by atoms with Crippen molar-refractivity contribution in [3.05, 3.63) is 144 Å². The summed E-state index contributed by atoms with van der Waals surface area (Å²) in [5.41, 5.74) is -0.533. The fourth-order valence-electron chi connectivity index (χ4n) is 4.54. The second kappa shape index (κ2) is 14.5. The number of rotatable bonds is 9. The Balaban J connectivity index is 1.48. The normalized spacial score (nSPS) is 21.0. The highest BCUT2D eigenvalue weighted by atomic mass is 32.2. The lowest BCUT2D eigenvalue weighted by atomic mass is 10.0. The van der Waals surface area contributed by atoms with Gasteiger partial charge >= 0.3 is 23.9 Å². The van der Waals surface area contributed by atoms with Crippen molar-refractivity contribution >= 4 is 35.6 Å². The van der Waals surface area contributed by atoms with E-state index in [0.29, 0.717) is 5.56 Å². The Morgan fingerprint density at radius 2 is 0.841 bits per heavy atom. The fourth-order valence-corrected chi connectivity index (χ4v) is 5.78. The Morgan fingerprint density at radius 3 is 1.25 bits per heavy atom. The number of aliphatic hydroxyl groups excluding tert-OH is 1. The zero-order valence-electron chi connectivity index (χ0n) is 23.3. The first-order chi connectivity index (χ1) is 21.4. The average molecular weight is 613 g/mol. The number of ether oxygens (including phenoxy) is 4. The molecule has 224 valence electrons. The maximum Gasteiger partial charge on any atom is 0.338 e. The number of thioether (sulfide) groups is 1. The summed E-state index contributed by atoms with van der Waals surface area (Å²) in [5, 5.41) is 10.3. The standard InChI is InChI=1S/C34H28O9S/c35-30(22-13-5-1-6-14-22)40-21-26-27(41-31(36)23-15-7-2-8-16-23)28(42-32(37)24-17-9-3-10-18-24)29(34(39)44-26)43-33(38)25-19-11-4-12-20-25/h1-20,26-29,34,39H,21H2/t26-,27-,28+,29-,34+/m1/s1. The minimum absolute atomic E-state index is 0.188. The van der Waals surface area contributed by atoms with Crippen LogP contribution in [-0.4, -0.2) is 64.6 Å². The lowest BCUT2D eigenvalue weighted by Crippen LogP contribution is -2.59. The van der Waals surface area contributed by atoms with E-state index >= 15 is 0 Å². The first-order valence-corrected chi connectivity index (χ1v) is 14.7. The molecule has 1 saturated heterocycles. The number of esters is 4. The number of carbonyl (C=O) groups excluding carboxylic acids is 4. The molecule has 1 heterocycles. The molecule has 5 rings (SSSR count). The molecule has 1 aliphatic rings. The van der Waals surface area contributed by atoms with Gasteiger partial charge < -0.3 is 24.1 Å². The quantitative estimate of drug-likeness (QED) is 0.205. The molecule has 0 unspecified atom stereocenters. The molecule has 0 aromatic heterocycles. The molecule has 0 radical (unpaired) electrons. The lowest BCUT2D eigenvalue weighted by Gasteiger charge is -2.42. The van der Waals surface area contributed by atoms with Gasteiger partial charge in [0.05, 0.1) is 27.5 Å². The van der Waals surface area contributed by atoms with Crippen LogP contribution >= 0.6 is 11.8 Å². The number of carbonyl (C=O) groups is 4. The van der Waals surface area contributed by atoms with Gasteiger partial charge in [0.15, 0.2) is 18.3 Å². The van der Waals surface area contributed by atoms with Gasteiger partial charge in [0.2, 0.25) is 0 Å². The maximum atomic E-state index is 13.3. The van der Waals surface area contributed by atoms with Crippen LogP contribution in [0.2, 0.25) is 0 Å². The first-order valence-electron chi connectivity index (χ1n) is 13.7. The average Bonchev–Trinajstić information content (AvgIpc) is 3.07. The van der Waals surface area contributed by atoms with E-state index < -0.39 is 52.9 Å². The first kappa shape index (κ1) is 30.5. The van der Waals surface area contributed by atoms with Crippen LogP contribution in [0.4, 0.5) is 0 Å². The van der Waals surface area contributed by atoms with E-state index in [2.05, 4.69) is 0 Å². The molecule has 10 heteroatoms. The maximum absolute atomic E-state index is 13.3. The van der Waals surface area contributed by atoms with Crippen molar-refractivity contribution < 1.29 is 43.2 Å². The van der Waals surface area contributed by atoms with Crippen LogP contribution in [0.25, 0.3) is 0 Å². The second-order valence-corrected chi connectivity index (χ2v) is 11.1. The van der Waals surface area contributed by atoms with Crippen molar-refractivity contribution in [3.8, 4) is 0 Å². The zero-order valence-corrected chi connectivity index (χ0v) is 24.1. The largest absolute Gasteiger partial charge is 0.461 e. The number of aliphatic hydroxyl groups is 1. The van der Waals surface area contributed by atoms with Crippen molar-refractivity contribution in [2.75, 3.05) is 6.61 Å². The minimum Gasteiger partial charge on any atom is -0.461 e. The summed E-state index contributed by atoms with van der Waals surface area (Å²) in [6.45, 7) is -0.319. The number of hydrogen-bond acceptors (Lipinski definition) is 10. The summed E-state index contributed by atoms with van der Waals surface area (Å²) in [4.78, 5) is 52.5. The molecule has 9 nitrogen and oxygen atoms in total. The Morgan fingerprint density at radius 1 is 0.500 bits per heavy atom. The van der Waals surface area contributed by atoms with Crippen LogP contribution in [-0.2, 0) is 18.9 Å². The van der Waals surface area contributed by atoms with Gasteiger partial charge in [-0.15, -0.1) is 11.8 Å². The summed E-state index contributed by atoms with van der Waals surface area (Å²) >= 11 is 0.873. The van der Waals surface area contributed by atoms with Crippen molar-refractivity contribution in [1.82, 2.24) is 0 Å². The molecule has 1 fully saturated rings. The third-order valence-electron chi connectivity index (χ3n) is 6.76. The number of hydrogen-bond donors (Lipinski definition) is 1. The molecule has 0 aliphatic carbocycles. The molecular formula is C34H28O9S. The van der Waals surface area contributed by atoms with Crippen molar-refractivity contribution in [2.24, 2.45) is 0 Å². The molecule has 44 heavy (non-hydrogen) atoms. The monoisotopic (exact) mass is 612 g/mol. The molecule has 4 aromatic rings. The molecule has 1 N–H and O–H groups in total. The zero-order chi connectivity index (χ0) is 30.9. The van der Waals surface area contributed by atoms with Crippen LogP contribution in [0, 0.1) is 0 Å². The van der Waals surface area contributed by atoms with Gasteiger partial charge in [-0.25, -0.2) is 19.2 Å². The smallest absolute Gasteiger partial charge is 0.338 e. The van der Waals surface area contributed by atoms with Crippen LogP contribution in [0.3, 0.4) is 0 Å².